The van der Waals surface area contributed by atoms with E-state index in [2.05, 4.69) is 10.4 Å². The maximum atomic E-state index is 12.9. The summed E-state index contributed by atoms with van der Waals surface area (Å²) in [7, 11) is 1.89. The molecule has 2 aromatic rings. The average Bonchev–Trinajstić information content (AvgIpc) is 3.48. The largest absolute Gasteiger partial charge is 0.378 e. The standard InChI is InChI=1S/C21H30N4O2/c1-14-19-17(13-18(15-9-10-15)23-20(19)25(2)24-14)21(26)22-11-6-12-27-16-7-4-3-5-8-16/h13,15-16H,3-12H2,1-2H3,(H,22,26). The summed E-state index contributed by atoms with van der Waals surface area (Å²) in [4.78, 5) is 17.6. The number of pyridine rings is 1. The van der Waals surface area contributed by atoms with Crippen molar-refractivity contribution in [3.8, 4) is 0 Å². The smallest absolute Gasteiger partial charge is 0.252 e. The van der Waals surface area contributed by atoms with Crippen molar-refractivity contribution in [2.24, 2.45) is 7.05 Å². The van der Waals surface area contributed by atoms with Crippen LogP contribution in [0.2, 0.25) is 0 Å². The van der Waals surface area contributed by atoms with E-state index in [0.717, 1.165) is 48.3 Å². The highest BCUT2D eigenvalue weighted by Crippen LogP contribution is 2.40. The Balaban J connectivity index is 1.38. The van der Waals surface area contributed by atoms with E-state index in [-0.39, 0.29) is 5.91 Å². The number of aryl methyl sites for hydroxylation is 2. The van der Waals surface area contributed by atoms with E-state index in [1.54, 1.807) is 4.68 Å². The van der Waals surface area contributed by atoms with Crippen molar-refractivity contribution in [1.82, 2.24) is 20.1 Å². The van der Waals surface area contributed by atoms with Crippen molar-refractivity contribution >= 4 is 16.9 Å². The summed E-state index contributed by atoms with van der Waals surface area (Å²) >= 11 is 0. The van der Waals surface area contributed by atoms with Crippen molar-refractivity contribution in [1.29, 1.82) is 0 Å². The minimum atomic E-state index is -0.0296. The van der Waals surface area contributed by atoms with E-state index in [0.29, 0.717) is 24.1 Å². The third-order valence-electron chi connectivity index (χ3n) is 5.74. The Bertz CT molecular complexity index is 819. The second-order valence-electron chi connectivity index (χ2n) is 8.02. The molecule has 1 amide bonds. The number of carbonyl (C=O) groups excluding carboxylic acids is 1. The van der Waals surface area contributed by atoms with Gasteiger partial charge in [0.05, 0.1) is 22.7 Å². The first-order valence-electron chi connectivity index (χ1n) is 10.4. The van der Waals surface area contributed by atoms with E-state index >= 15 is 0 Å². The monoisotopic (exact) mass is 370 g/mol. The van der Waals surface area contributed by atoms with Crippen LogP contribution in [0, 0.1) is 6.92 Å². The molecule has 0 saturated heterocycles. The fourth-order valence-corrected chi connectivity index (χ4v) is 4.08. The van der Waals surface area contributed by atoms with Gasteiger partial charge in [0.1, 0.15) is 0 Å². The van der Waals surface area contributed by atoms with Gasteiger partial charge in [-0.15, -0.1) is 0 Å². The van der Waals surface area contributed by atoms with Gasteiger partial charge >= 0.3 is 0 Å². The molecule has 0 radical (unpaired) electrons. The zero-order chi connectivity index (χ0) is 18.8. The van der Waals surface area contributed by atoms with Crippen LogP contribution >= 0.6 is 0 Å². The predicted octanol–water partition coefficient (Wildman–Crippen LogP) is 3.62. The normalized spacial score (nSPS) is 18.1. The van der Waals surface area contributed by atoms with Gasteiger partial charge in [0.25, 0.3) is 5.91 Å². The highest BCUT2D eigenvalue weighted by molar-refractivity contribution is 6.06. The van der Waals surface area contributed by atoms with Crippen LogP contribution in [-0.4, -0.2) is 39.9 Å². The molecule has 4 rings (SSSR count). The molecule has 2 fully saturated rings. The summed E-state index contributed by atoms with van der Waals surface area (Å²) in [5.41, 5.74) is 3.40. The van der Waals surface area contributed by atoms with Crippen LogP contribution in [-0.2, 0) is 11.8 Å². The van der Waals surface area contributed by atoms with Crippen LogP contribution in [0.15, 0.2) is 6.07 Å². The van der Waals surface area contributed by atoms with Crippen LogP contribution < -0.4 is 5.32 Å². The van der Waals surface area contributed by atoms with Gasteiger partial charge in [-0.05, 0) is 45.1 Å². The number of nitrogens with zero attached hydrogens (tertiary/aromatic N) is 3. The molecular formula is C21H30N4O2. The molecule has 2 aliphatic rings. The number of amides is 1. The third kappa shape index (κ3) is 4.15. The number of hydrogen-bond donors (Lipinski definition) is 1. The third-order valence-corrected chi connectivity index (χ3v) is 5.74. The molecule has 146 valence electrons. The highest BCUT2D eigenvalue weighted by atomic mass is 16.5. The molecule has 0 atom stereocenters. The number of nitrogens with one attached hydrogen (secondary N) is 1. The van der Waals surface area contributed by atoms with Crippen molar-refractivity contribution < 1.29 is 9.53 Å². The summed E-state index contributed by atoms with van der Waals surface area (Å²) in [5, 5.41) is 8.41. The van der Waals surface area contributed by atoms with Gasteiger partial charge < -0.3 is 10.1 Å². The zero-order valence-corrected chi connectivity index (χ0v) is 16.5. The molecule has 27 heavy (non-hydrogen) atoms. The fourth-order valence-electron chi connectivity index (χ4n) is 4.08. The first kappa shape index (κ1) is 18.4. The Labute approximate surface area is 160 Å². The number of rotatable bonds is 7. The molecule has 6 heteroatoms. The van der Waals surface area contributed by atoms with Gasteiger partial charge in [0, 0.05) is 31.8 Å². The predicted molar refractivity (Wildman–Crippen MR) is 105 cm³/mol. The van der Waals surface area contributed by atoms with E-state index in [9.17, 15) is 4.79 Å². The van der Waals surface area contributed by atoms with Gasteiger partial charge in [0.2, 0.25) is 0 Å². The van der Waals surface area contributed by atoms with Gasteiger partial charge in [-0.25, -0.2) is 4.98 Å². The lowest BCUT2D eigenvalue weighted by Gasteiger charge is -2.21. The number of carbonyl (C=O) groups is 1. The van der Waals surface area contributed by atoms with Crippen molar-refractivity contribution in [3.05, 3.63) is 23.0 Å². The lowest BCUT2D eigenvalue weighted by atomic mass is 9.98. The quantitative estimate of drug-likeness (QED) is 0.756. The molecule has 2 aliphatic carbocycles. The van der Waals surface area contributed by atoms with E-state index in [1.807, 2.05) is 20.0 Å². The molecule has 6 nitrogen and oxygen atoms in total. The molecule has 0 unspecified atom stereocenters. The lowest BCUT2D eigenvalue weighted by molar-refractivity contribution is 0.0273. The van der Waals surface area contributed by atoms with Gasteiger partial charge in [-0.1, -0.05) is 19.3 Å². The summed E-state index contributed by atoms with van der Waals surface area (Å²) in [6, 6.07) is 1.97. The molecular weight excluding hydrogens is 340 g/mol. The summed E-state index contributed by atoms with van der Waals surface area (Å²) in [6.07, 6.45) is 9.88. The molecule has 1 N–H and O–H groups in total. The summed E-state index contributed by atoms with van der Waals surface area (Å²) in [6.45, 7) is 3.29. The molecule has 2 aromatic heterocycles. The zero-order valence-electron chi connectivity index (χ0n) is 16.5. The van der Waals surface area contributed by atoms with Crippen LogP contribution in [0.4, 0.5) is 0 Å². The van der Waals surface area contributed by atoms with E-state index in [4.69, 9.17) is 9.72 Å². The molecule has 0 spiro atoms. The van der Waals surface area contributed by atoms with Gasteiger partial charge in [-0.3, -0.25) is 9.48 Å². The van der Waals surface area contributed by atoms with E-state index in [1.165, 1.54) is 32.1 Å². The fraction of sp³-hybridized carbons (Fsp3) is 0.667. The first-order valence-corrected chi connectivity index (χ1v) is 10.4. The average molecular weight is 370 g/mol. The minimum absolute atomic E-state index is 0.0296. The lowest BCUT2D eigenvalue weighted by Crippen LogP contribution is -2.26. The number of ether oxygens (including phenoxy) is 1. The maximum Gasteiger partial charge on any atom is 0.252 e. The second kappa shape index (κ2) is 7.97. The minimum Gasteiger partial charge on any atom is -0.378 e. The Morgan fingerprint density at radius 1 is 1.26 bits per heavy atom. The van der Waals surface area contributed by atoms with Crippen LogP contribution in [0.3, 0.4) is 0 Å². The van der Waals surface area contributed by atoms with Crippen molar-refractivity contribution in [2.75, 3.05) is 13.2 Å². The van der Waals surface area contributed by atoms with E-state index < -0.39 is 0 Å². The number of fused-ring (bicyclic) bond motifs is 1. The second-order valence-corrected chi connectivity index (χ2v) is 8.02. The molecule has 2 saturated carbocycles. The maximum absolute atomic E-state index is 12.9. The molecule has 0 aliphatic heterocycles. The summed E-state index contributed by atoms with van der Waals surface area (Å²) < 4.78 is 7.73. The Morgan fingerprint density at radius 2 is 2.04 bits per heavy atom. The Hall–Kier alpha value is -1.95. The molecule has 0 aromatic carbocycles. The van der Waals surface area contributed by atoms with Crippen LogP contribution in [0.1, 0.15) is 79.0 Å². The summed E-state index contributed by atoms with van der Waals surface area (Å²) in [5.74, 6) is 0.470. The number of aromatic nitrogens is 3. The number of hydrogen-bond acceptors (Lipinski definition) is 4. The van der Waals surface area contributed by atoms with Crippen molar-refractivity contribution in [2.45, 2.75) is 70.3 Å². The Morgan fingerprint density at radius 3 is 2.78 bits per heavy atom. The topological polar surface area (TPSA) is 69.0 Å². The van der Waals surface area contributed by atoms with Gasteiger partial charge in [0.15, 0.2) is 5.65 Å². The van der Waals surface area contributed by atoms with Gasteiger partial charge in [-0.2, -0.15) is 5.10 Å². The van der Waals surface area contributed by atoms with Crippen LogP contribution in [0.25, 0.3) is 11.0 Å². The Kier molecular flexibility index (Phi) is 5.43. The van der Waals surface area contributed by atoms with Crippen LogP contribution in [0.5, 0.6) is 0 Å². The first-order chi connectivity index (χ1) is 13.1. The van der Waals surface area contributed by atoms with Crippen molar-refractivity contribution in [3.63, 3.8) is 0 Å². The highest BCUT2D eigenvalue weighted by Gasteiger charge is 2.28. The molecule has 2 heterocycles. The SMILES string of the molecule is Cc1nn(C)c2nc(C3CC3)cc(C(=O)NCCCOC3CCCCC3)c12. The molecule has 0 bridgehead atoms.